The standard InChI is InChI=1S/C30H45N3OSi/c1-19(2)35(20(3)4,21(5)6)16-15-26-25(28-22(7)17-31-18-23(28)8)13-14-27(32-26)33-29(34)24(9)30(10,11)12/h13-14,17-21,24H,1-12H3,(H,32,33,34). The molecule has 1 unspecified atom stereocenters. The van der Waals surface area contributed by atoms with E-state index in [1.165, 1.54) is 0 Å². The molecule has 0 aliphatic rings. The Bertz CT molecular complexity index is 1070. The van der Waals surface area contributed by atoms with Gasteiger partial charge in [-0.3, -0.25) is 9.78 Å². The second-order valence-electron chi connectivity index (χ2n) is 12.0. The first-order chi connectivity index (χ1) is 16.1. The highest BCUT2D eigenvalue weighted by atomic mass is 28.3. The van der Waals surface area contributed by atoms with Crippen molar-refractivity contribution in [2.24, 2.45) is 11.3 Å². The molecule has 35 heavy (non-hydrogen) atoms. The molecule has 0 saturated heterocycles. The smallest absolute Gasteiger partial charge is 0.228 e. The van der Waals surface area contributed by atoms with E-state index in [4.69, 9.17) is 4.98 Å². The van der Waals surface area contributed by atoms with Crippen LogP contribution in [-0.2, 0) is 4.79 Å². The van der Waals surface area contributed by atoms with Crippen LogP contribution in [0.1, 0.15) is 86.1 Å². The lowest BCUT2D eigenvalue weighted by Crippen LogP contribution is -2.43. The Morgan fingerprint density at radius 2 is 1.43 bits per heavy atom. The molecule has 0 aliphatic heterocycles. The summed E-state index contributed by atoms with van der Waals surface area (Å²) in [4.78, 5) is 22.2. The van der Waals surface area contributed by atoms with Crippen LogP contribution in [0.4, 0.5) is 5.82 Å². The zero-order valence-corrected chi connectivity index (χ0v) is 24.9. The maximum absolute atomic E-state index is 12.9. The average Bonchev–Trinajstić information content (AvgIpc) is 2.73. The molecule has 2 rings (SSSR count). The van der Waals surface area contributed by atoms with Crippen LogP contribution in [0, 0.1) is 36.6 Å². The van der Waals surface area contributed by atoms with Gasteiger partial charge in [0.2, 0.25) is 5.91 Å². The number of nitrogens with one attached hydrogen (secondary N) is 1. The molecule has 1 N–H and O–H groups in total. The lowest BCUT2D eigenvalue weighted by atomic mass is 9.81. The van der Waals surface area contributed by atoms with Gasteiger partial charge >= 0.3 is 0 Å². The number of nitrogens with zero attached hydrogens (tertiary/aromatic N) is 2. The minimum Gasteiger partial charge on any atom is -0.310 e. The number of hydrogen-bond donors (Lipinski definition) is 1. The van der Waals surface area contributed by atoms with E-state index in [9.17, 15) is 4.79 Å². The van der Waals surface area contributed by atoms with Gasteiger partial charge in [-0.1, -0.05) is 75.2 Å². The first-order valence-corrected chi connectivity index (χ1v) is 15.1. The van der Waals surface area contributed by atoms with Crippen molar-refractivity contribution in [2.45, 2.75) is 99.7 Å². The number of pyridine rings is 2. The van der Waals surface area contributed by atoms with E-state index in [0.717, 1.165) is 27.9 Å². The quantitative estimate of drug-likeness (QED) is 0.329. The summed E-state index contributed by atoms with van der Waals surface area (Å²) in [7, 11) is -1.95. The molecule has 2 aromatic rings. The molecule has 0 fully saturated rings. The van der Waals surface area contributed by atoms with E-state index in [1.807, 2.05) is 31.5 Å². The number of hydrogen-bond acceptors (Lipinski definition) is 3. The van der Waals surface area contributed by atoms with E-state index < -0.39 is 8.07 Å². The van der Waals surface area contributed by atoms with Gasteiger partial charge in [-0.25, -0.2) is 4.98 Å². The molecule has 5 heteroatoms. The van der Waals surface area contributed by atoms with Crippen LogP contribution in [0.3, 0.4) is 0 Å². The van der Waals surface area contributed by atoms with Gasteiger partial charge in [0.25, 0.3) is 0 Å². The summed E-state index contributed by atoms with van der Waals surface area (Å²) in [5.41, 5.74) is 10.3. The summed E-state index contributed by atoms with van der Waals surface area (Å²) in [5.74, 6) is 3.93. The van der Waals surface area contributed by atoms with Crippen molar-refractivity contribution in [1.82, 2.24) is 9.97 Å². The van der Waals surface area contributed by atoms with E-state index in [-0.39, 0.29) is 17.2 Å². The molecule has 1 atom stereocenters. The molecule has 0 spiro atoms. The summed E-state index contributed by atoms with van der Waals surface area (Å²) < 4.78 is 0. The van der Waals surface area contributed by atoms with Crippen molar-refractivity contribution in [1.29, 1.82) is 0 Å². The van der Waals surface area contributed by atoms with Crippen LogP contribution in [0.25, 0.3) is 11.1 Å². The zero-order valence-electron chi connectivity index (χ0n) is 23.9. The summed E-state index contributed by atoms with van der Waals surface area (Å²) in [6.07, 6.45) is 3.77. The number of carbonyl (C=O) groups excluding carboxylic acids is 1. The first kappa shape index (κ1) is 28.8. The van der Waals surface area contributed by atoms with E-state index in [0.29, 0.717) is 22.4 Å². The maximum Gasteiger partial charge on any atom is 0.228 e. The molecule has 0 radical (unpaired) electrons. The fraction of sp³-hybridized carbons (Fsp3) is 0.567. The summed E-state index contributed by atoms with van der Waals surface area (Å²) in [6.45, 7) is 26.2. The van der Waals surface area contributed by atoms with Crippen molar-refractivity contribution in [3.8, 4) is 22.6 Å². The molecule has 190 valence electrons. The predicted octanol–water partition coefficient (Wildman–Crippen LogP) is 7.95. The average molecular weight is 492 g/mol. The molecule has 4 nitrogen and oxygen atoms in total. The molecule has 2 aromatic heterocycles. The van der Waals surface area contributed by atoms with Crippen molar-refractivity contribution in [3.05, 3.63) is 41.3 Å². The third-order valence-electron chi connectivity index (χ3n) is 7.70. The highest BCUT2D eigenvalue weighted by Crippen LogP contribution is 2.41. The molecule has 0 aromatic carbocycles. The minimum absolute atomic E-state index is 0.0248. The van der Waals surface area contributed by atoms with E-state index in [2.05, 4.69) is 97.9 Å². The monoisotopic (exact) mass is 491 g/mol. The number of carbonyl (C=O) groups is 1. The fourth-order valence-corrected chi connectivity index (χ4v) is 10.4. The summed E-state index contributed by atoms with van der Waals surface area (Å²) in [6, 6.07) is 3.94. The van der Waals surface area contributed by atoms with Gasteiger partial charge in [0.15, 0.2) is 0 Å². The fourth-order valence-electron chi connectivity index (χ4n) is 5.18. The number of aromatic nitrogens is 2. The Balaban J connectivity index is 2.72. The number of anilines is 1. The molecule has 2 heterocycles. The summed E-state index contributed by atoms with van der Waals surface area (Å²) >= 11 is 0. The van der Waals surface area contributed by atoms with Gasteiger partial charge in [-0.2, -0.15) is 0 Å². The zero-order chi connectivity index (χ0) is 26.7. The van der Waals surface area contributed by atoms with Crippen molar-refractivity contribution in [3.63, 3.8) is 0 Å². The van der Waals surface area contributed by atoms with Gasteiger partial charge in [0.05, 0.1) is 0 Å². The lowest BCUT2D eigenvalue weighted by Gasteiger charge is -2.38. The first-order valence-electron chi connectivity index (χ1n) is 12.9. The molecule has 0 aliphatic carbocycles. The van der Waals surface area contributed by atoms with Gasteiger partial charge < -0.3 is 5.32 Å². The lowest BCUT2D eigenvalue weighted by molar-refractivity contribution is -0.122. The largest absolute Gasteiger partial charge is 0.310 e. The van der Waals surface area contributed by atoms with Crippen LogP contribution >= 0.6 is 0 Å². The second kappa shape index (κ2) is 11.1. The molecular formula is C30H45N3OSi. The third kappa shape index (κ3) is 6.22. The molecular weight excluding hydrogens is 446 g/mol. The molecule has 1 amide bonds. The third-order valence-corrected chi connectivity index (χ3v) is 14.0. The van der Waals surface area contributed by atoms with Crippen LogP contribution in [0.2, 0.25) is 16.6 Å². The Morgan fingerprint density at radius 3 is 1.89 bits per heavy atom. The number of aryl methyl sites for hydroxylation is 2. The SMILES string of the molecule is Cc1cncc(C)c1-c1ccc(NC(=O)C(C)C(C)(C)C)nc1C#C[Si](C(C)C)(C(C)C)C(C)C. The second-order valence-corrected chi connectivity index (χ2v) is 17.5. The Hall–Kier alpha value is -2.45. The molecule has 0 bridgehead atoms. The van der Waals surface area contributed by atoms with Crippen molar-refractivity contribution < 1.29 is 4.79 Å². The normalized spacial score (nSPS) is 13.1. The van der Waals surface area contributed by atoms with Crippen LogP contribution in [-0.4, -0.2) is 23.9 Å². The Labute approximate surface area is 214 Å². The van der Waals surface area contributed by atoms with E-state index >= 15 is 0 Å². The molecule has 0 saturated carbocycles. The van der Waals surface area contributed by atoms with E-state index in [1.54, 1.807) is 0 Å². The van der Waals surface area contributed by atoms with Gasteiger partial charge in [0.1, 0.15) is 19.6 Å². The van der Waals surface area contributed by atoms with Gasteiger partial charge in [-0.05, 0) is 64.7 Å². The topological polar surface area (TPSA) is 54.9 Å². The summed E-state index contributed by atoms with van der Waals surface area (Å²) in [5, 5.41) is 3.04. The highest BCUT2D eigenvalue weighted by Gasteiger charge is 2.41. The van der Waals surface area contributed by atoms with Crippen molar-refractivity contribution >= 4 is 19.8 Å². The van der Waals surface area contributed by atoms with Gasteiger partial charge in [0, 0.05) is 23.9 Å². The number of amides is 1. The van der Waals surface area contributed by atoms with Crippen molar-refractivity contribution in [2.75, 3.05) is 5.32 Å². The predicted molar refractivity (Wildman–Crippen MR) is 152 cm³/mol. The highest BCUT2D eigenvalue weighted by molar-refractivity contribution is 6.90. The maximum atomic E-state index is 12.9. The minimum atomic E-state index is -1.95. The van der Waals surface area contributed by atoms with Crippen LogP contribution < -0.4 is 5.32 Å². The Morgan fingerprint density at radius 1 is 0.914 bits per heavy atom. The van der Waals surface area contributed by atoms with Crippen LogP contribution in [0.5, 0.6) is 0 Å². The van der Waals surface area contributed by atoms with Gasteiger partial charge in [-0.15, -0.1) is 5.54 Å². The number of rotatable bonds is 6. The Kier molecular flexibility index (Phi) is 9.11. The van der Waals surface area contributed by atoms with Crippen LogP contribution in [0.15, 0.2) is 24.5 Å².